The Bertz CT molecular complexity index is 805. The summed E-state index contributed by atoms with van der Waals surface area (Å²) in [6, 6.07) is 4.65. The Labute approximate surface area is 126 Å². The number of aromatic nitrogens is 3. The van der Waals surface area contributed by atoms with Crippen LogP contribution in [-0.4, -0.2) is 46.9 Å². The van der Waals surface area contributed by atoms with Crippen LogP contribution < -0.4 is 0 Å². The Morgan fingerprint density at radius 3 is 2.77 bits per heavy atom. The maximum Gasteiger partial charge on any atom is 0.243 e. The van der Waals surface area contributed by atoms with Gasteiger partial charge in [0.05, 0.1) is 35.5 Å². The molecule has 2 atom stereocenters. The highest BCUT2D eigenvalue weighted by Gasteiger charge is 2.44. The van der Waals surface area contributed by atoms with E-state index in [0.29, 0.717) is 6.61 Å². The fourth-order valence-corrected chi connectivity index (χ4v) is 4.38. The van der Waals surface area contributed by atoms with Gasteiger partial charge in [-0.1, -0.05) is 5.21 Å². The molecule has 0 unspecified atom stereocenters. The molecule has 9 heteroatoms. The number of benzene rings is 1. The molecule has 1 aromatic carbocycles. The van der Waals surface area contributed by atoms with Gasteiger partial charge in [-0.3, -0.25) is 0 Å². The summed E-state index contributed by atoms with van der Waals surface area (Å²) in [6.45, 7) is 0.892. The third-order valence-electron chi connectivity index (χ3n) is 4.06. The minimum Gasteiger partial charge on any atom is -0.368 e. The molecule has 3 heterocycles. The van der Waals surface area contributed by atoms with Crippen LogP contribution >= 0.6 is 0 Å². The quantitative estimate of drug-likeness (QED) is 0.807. The van der Waals surface area contributed by atoms with E-state index in [-0.39, 0.29) is 30.1 Å². The smallest absolute Gasteiger partial charge is 0.243 e. The Kier molecular flexibility index (Phi) is 3.03. The number of halogens is 1. The normalized spacial score (nSPS) is 25.0. The van der Waals surface area contributed by atoms with Crippen LogP contribution in [0.25, 0.3) is 0 Å². The zero-order chi connectivity index (χ0) is 15.3. The number of fused-ring (bicyclic) bond motifs is 3. The predicted molar refractivity (Wildman–Crippen MR) is 72.8 cm³/mol. The van der Waals surface area contributed by atoms with Crippen LogP contribution in [0.1, 0.15) is 11.7 Å². The van der Waals surface area contributed by atoms with E-state index in [1.807, 2.05) is 0 Å². The zero-order valence-corrected chi connectivity index (χ0v) is 12.3. The molecule has 4 rings (SSSR count). The van der Waals surface area contributed by atoms with Gasteiger partial charge >= 0.3 is 0 Å². The SMILES string of the molecule is O=S(=O)(c1ccc(F)cc1)N1C[C@@H]2[C@@H](C1)OCc1cnnn12. The largest absolute Gasteiger partial charge is 0.368 e. The first kappa shape index (κ1) is 13.8. The van der Waals surface area contributed by atoms with Crippen LogP contribution in [0.15, 0.2) is 35.4 Å². The van der Waals surface area contributed by atoms with Gasteiger partial charge in [0.15, 0.2) is 0 Å². The van der Waals surface area contributed by atoms with Gasteiger partial charge in [-0.25, -0.2) is 17.5 Å². The van der Waals surface area contributed by atoms with Crippen LogP contribution in [0, 0.1) is 5.82 Å². The highest BCUT2D eigenvalue weighted by Crippen LogP contribution is 2.33. The van der Waals surface area contributed by atoms with Crippen LogP contribution in [0.4, 0.5) is 4.39 Å². The summed E-state index contributed by atoms with van der Waals surface area (Å²) in [6.07, 6.45) is 1.37. The molecule has 0 spiro atoms. The standard InChI is InChI=1S/C13H13FN4O3S/c14-9-1-3-11(4-2-9)22(19,20)17-6-12-13(7-17)21-8-10-5-15-16-18(10)12/h1-5,12-13H,6-8H2/t12-,13-/m1/s1. The van der Waals surface area contributed by atoms with Crippen molar-refractivity contribution in [3.63, 3.8) is 0 Å². The second-order valence-electron chi connectivity index (χ2n) is 5.36. The van der Waals surface area contributed by atoms with Crippen molar-refractivity contribution < 1.29 is 17.5 Å². The van der Waals surface area contributed by atoms with Crippen molar-refractivity contribution in [3.05, 3.63) is 42.0 Å². The molecule has 0 amide bonds. The van der Waals surface area contributed by atoms with E-state index in [4.69, 9.17) is 4.74 Å². The number of rotatable bonds is 2. The van der Waals surface area contributed by atoms with Crippen LogP contribution in [0.3, 0.4) is 0 Å². The topological polar surface area (TPSA) is 77.3 Å². The number of sulfonamides is 1. The first-order valence-electron chi connectivity index (χ1n) is 6.82. The molecular weight excluding hydrogens is 311 g/mol. The van der Waals surface area contributed by atoms with Gasteiger partial charge in [-0.05, 0) is 24.3 Å². The summed E-state index contributed by atoms with van der Waals surface area (Å²) in [7, 11) is -3.67. The first-order valence-corrected chi connectivity index (χ1v) is 8.26. The second-order valence-corrected chi connectivity index (χ2v) is 7.30. The zero-order valence-electron chi connectivity index (χ0n) is 11.5. The van der Waals surface area contributed by atoms with Crippen molar-refractivity contribution in [3.8, 4) is 0 Å². The third kappa shape index (κ3) is 2.04. The summed E-state index contributed by atoms with van der Waals surface area (Å²) < 4.78 is 47.0. The highest BCUT2D eigenvalue weighted by atomic mass is 32.2. The van der Waals surface area contributed by atoms with E-state index in [0.717, 1.165) is 17.8 Å². The Balaban J connectivity index is 1.64. The fourth-order valence-electron chi connectivity index (χ4n) is 2.91. The van der Waals surface area contributed by atoms with Crippen LogP contribution in [0.5, 0.6) is 0 Å². The van der Waals surface area contributed by atoms with E-state index in [9.17, 15) is 12.8 Å². The lowest BCUT2D eigenvalue weighted by Gasteiger charge is -2.25. The van der Waals surface area contributed by atoms with Gasteiger partial charge in [0, 0.05) is 13.1 Å². The minimum atomic E-state index is -3.67. The Hall–Kier alpha value is -1.84. The van der Waals surface area contributed by atoms with Crippen molar-refractivity contribution in [2.24, 2.45) is 0 Å². The molecule has 1 saturated heterocycles. The van der Waals surface area contributed by atoms with E-state index in [2.05, 4.69) is 10.3 Å². The second kappa shape index (κ2) is 4.83. The number of hydrogen-bond donors (Lipinski definition) is 0. The molecule has 2 aliphatic heterocycles. The Morgan fingerprint density at radius 1 is 1.23 bits per heavy atom. The van der Waals surface area contributed by atoms with Crippen LogP contribution in [0.2, 0.25) is 0 Å². The van der Waals surface area contributed by atoms with E-state index < -0.39 is 15.8 Å². The molecule has 0 N–H and O–H groups in total. The molecule has 2 aliphatic rings. The lowest BCUT2D eigenvalue weighted by molar-refractivity contribution is -0.00389. The molecule has 7 nitrogen and oxygen atoms in total. The van der Waals surface area contributed by atoms with Gasteiger partial charge in [0.1, 0.15) is 5.82 Å². The average Bonchev–Trinajstić information content (AvgIpc) is 3.13. The summed E-state index contributed by atoms with van der Waals surface area (Å²) in [4.78, 5) is 0.0753. The van der Waals surface area contributed by atoms with Crippen LogP contribution in [-0.2, 0) is 21.4 Å². The molecule has 0 saturated carbocycles. The van der Waals surface area contributed by atoms with Gasteiger partial charge in [-0.15, -0.1) is 5.10 Å². The molecule has 0 bridgehead atoms. The molecule has 1 fully saturated rings. The summed E-state index contributed by atoms with van der Waals surface area (Å²) in [5.74, 6) is -0.468. The molecule has 116 valence electrons. The van der Waals surface area contributed by atoms with Gasteiger partial charge in [0.25, 0.3) is 0 Å². The maximum absolute atomic E-state index is 13.0. The summed E-state index contributed by atoms with van der Waals surface area (Å²) >= 11 is 0. The first-order chi connectivity index (χ1) is 10.6. The summed E-state index contributed by atoms with van der Waals surface area (Å²) in [5, 5.41) is 7.86. The number of hydrogen-bond acceptors (Lipinski definition) is 5. The third-order valence-corrected chi connectivity index (χ3v) is 5.91. The Morgan fingerprint density at radius 2 is 2.00 bits per heavy atom. The summed E-state index contributed by atoms with van der Waals surface area (Å²) in [5.41, 5.74) is 0.835. The number of ether oxygens (including phenoxy) is 1. The van der Waals surface area contributed by atoms with Crippen molar-refractivity contribution in [2.45, 2.75) is 23.6 Å². The van der Waals surface area contributed by atoms with Gasteiger partial charge in [0.2, 0.25) is 10.0 Å². The molecule has 0 radical (unpaired) electrons. The highest BCUT2D eigenvalue weighted by molar-refractivity contribution is 7.89. The molecule has 22 heavy (non-hydrogen) atoms. The number of nitrogens with zero attached hydrogens (tertiary/aromatic N) is 4. The molecule has 2 aromatic rings. The minimum absolute atomic E-state index is 0.0753. The molecule has 1 aromatic heterocycles. The van der Waals surface area contributed by atoms with E-state index in [1.165, 1.54) is 16.4 Å². The monoisotopic (exact) mass is 324 g/mol. The van der Waals surface area contributed by atoms with Crippen molar-refractivity contribution in [1.29, 1.82) is 0 Å². The van der Waals surface area contributed by atoms with E-state index in [1.54, 1.807) is 10.9 Å². The van der Waals surface area contributed by atoms with Crippen molar-refractivity contribution in [2.75, 3.05) is 13.1 Å². The fraction of sp³-hybridized carbons (Fsp3) is 0.385. The van der Waals surface area contributed by atoms with Crippen molar-refractivity contribution in [1.82, 2.24) is 19.3 Å². The molecule has 0 aliphatic carbocycles. The molecular formula is C13H13FN4O3S. The lowest BCUT2D eigenvalue weighted by atomic mass is 10.2. The lowest BCUT2D eigenvalue weighted by Crippen LogP contribution is -2.32. The predicted octanol–water partition coefficient (Wildman–Crippen LogP) is 0.562. The van der Waals surface area contributed by atoms with Crippen molar-refractivity contribution >= 4 is 10.0 Å². The van der Waals surface area contributed by atoms with E-state index >= 15 is 0 Å². The average molecular weight is 324 g/mol. The van der Waals surface area contributed by atoms with Gasteiger partial charge < -0.3 is 4.74 Å². The van der Waals surface area contributed by atoms with Gasteiger partial charge in [-0.2, -0.15) is 4.31 Å². The maximum atomic E-state index is 13.0.